The number of ether oxygens (including phenoxy) is 1. The number of hydrogen-bond donors (Lipinski definition) is 1. The van der Waals surface area contributed by atoms with E-state index in [-0.39, 0.29) is 5.54 Å². The molecule has 1 heterocycles. The molecule has 1 aliphatic carbocycles. The third-order valence-electron chi connectivity index (χ3n) is 2.59. The highest BCUT2D eigenvalue weighted by Gasteiger charge is 2.46. The molecule has 1 aliphatic heterocycles. The lowest BCUT2D eigenvalue weighted by atomic mass is 9.90. The molecule has 0 amide bonds. The Morgan fingerprint density at radius 3 is 2.30 bits per heavy atom. The van der Waals surface area contributed by atoms with Gasteiger partial charge in [0.1, 0.15) is 0 Å². The molecule has 2 rings (SSSR count). The van der Waals surface area contributed by atoms with E-state index in [4.69, 9.17) is 10.5 Å². The van der Waals surface area contributed by atoms with Crippen molar-refractivity contribution in [3.05, 3.63) is 5.92 Å². The highest BCUT2D eigenvalue weighted by Crippen LogP contribution is 2.45. The van der Waals surface area contributed by atoms with Gasteiger partial charge in [0, 0.05) is 24.7 Å². The third kappa shape index (κ3) is 1.06. The second kappa shape index (κ2) is 2.21. The number of hydrogen-bond acceptors (Lipinski definition) is 2. The van der Waals surface area contributed by atoms with Crippen LogP contribution in [-0.2, 0) is 4.74 Å². The van der Waals surface area contributed by atoms with Crippen molar-refractivity contribution in [3.8, 4) is 0 Å². The first-order chi connectivity index (χ1) is 4.81. The molecule has 0 unspecified atom stereocenters. The number of rotatable bonds is 1. The van der Waals surface area contributed by atoms with Gasteiger partial charge in [0.25, 0.3) is 0 Å². The van der Waals surface area contributed by atoms with Crippen molar-refractivity contribution in [1.29, 1.82) is 0 Å². The summed E-state index contributed by atoms with van der Waals surface area (Å²) < 4.78 is 5.25. The quantitative estimate of drug-likeness (QED) is 0.586. The highest BCUT2D eigenvalue weighted by molar-refractivity contribution is 5.21. The summed E-state index contributed by atoms with van der Waals surface area (Å²) in [6, 6.07) is 0. The van der Waals surface area contributed by atoms with E-state index in [1.165, 1.54) is 12.8 Å². The summed E-state index contributed by atoms with van der Waals surface area (Å²) in [6.45, 7) is 1.79. The second-order valence-corrected chi connectivity index (χ2v) is 3.37. The SMILES string of the molecule is NC1([C]2CCOCC2)CC1. The monoisotopic (exact) mass is 140 g/mol. The summed E-state index contributed by atoms with van der Waals surface area (Å²) in [5.41, 5.74) is 6.19. The Hall–Kier alpha value is -0.0800. The molecule has 0 aromatic rings. The lowest BCUT2D eigenvalue weighted by Gasteiger charge is -2.26. The zero-order valence-electron chi connectivity index (χ0n) is 6.23. The van der Waals surface area contributed by atoms with Crippen LogP contribution in [0.5, 0.6) is 0 Å². The zero-order valence-corrected chi connectivity index (χ0v) is 6.23. The van der Waals surface area contributed by atoms with Crippen molar-refractivity contribution in [3.63, 3.8) is 0 Å². The molecular formula is C8H14NO. The molecule has 1 radical (unpaired) electrons. The van der Waals surface area contributed by atoms with Gasteiger partial charge in [-0.15, -0.1) is 0 Å². The maximum Gasteiger partial charge on any atom is 0.0472 e. The van der Waals surface area contributed by atoms with Crippen LogP contribution in [0.25, 0.3) is 0 Å². The van der Waals surface area contributed by atoms with Crippen molar-refractivity contribution in [1.82, 2.24) is 0 Å². The highest BCUT2D eigenvalue weighted by atomic mass is 16.5. The van der Waals surface area contributed by atoms with Crippen LogP contribution in [0.15, 0.2) is 0 Å². The van der Waals surface area contributed by atoms with Crippen molar-refractivity contribution < 1.29 is 4.74 Å². The maximum absolute atomic E-state index is 6.03. The fourth-order valence-electron chi connectivity index (χ4n) is 1.60. The Balaban J connectivity index is 1.91. The van der Waals surface area contributed by atoms with Gasteiger partial charge in [0.05, 0.1) is 0 Å². The van der Waals surface area contributed by atoms with Crippen LogP contribution in [0.4, 0.5) is 0 Å². The molecule has 1 saturated carbocycles. The van der Waals surface area contributed by atoms with E-state index < -0.39 is 0 Å². The standard InChI is InChI=1S/C8H14NO/c9-8(3-4-8)7-1-5-10-6-2-7/h1-6,9H2. The summed E-state index contributed by atoms with van der Waals surface area (Å²) >= 11 is 0. The van der Waals surface area contributed by atoms with Gasteiger partial charge in [-0.1, -0.05) is 0 Å². The van der Waals surface area contributed by atoms with Crippen molar-refractivity contribution >= 4 is 0 Å². The minimum atomic E-state index is 0.157. The van der Waals surface area contributed by atoms with E-state index in [1.54, 1.807) is 5.92 Å². The Labute approximate surface area is 61.7 Å². The molecule has 2 heteroatoms. The van der Waals surface area contributed by atoms with Gasteiger partial charge < -0.3 is 10.5 Å². The lowest BCUT2D eigenvalue weighted by Crippen LogP contribution is -2.34. The molecule has 0 spiro atoms. The van der Waals surface area contributed by atoms with Crippen LogP contribution >= 0.6 is 0 Å². The summed E-state index contributed by atoms with van der Waals surface area (Å²) in [5.74, 6) is 1.55. The molecule has 0 aromatic carbocycles. The van der Waals surface area contributed by atoms with E-state index in [2.05, 4.69) is 0 Å². The molecular weight excluding hydrogens is 126 g/mol. The van der Waals surface area contributed by atoms with Crippen molar-refractivity contribution in [2.45, 2.75) is 31.2 Å². The van der Waals surface area contributed by atoms with Gasteiger partial charge >= 0.3 is 0 Å². The van der Waals surface area contributed by atoms with Gasteiger partial charge in [0.15, 0.2) is 0 Å². The van der Waals surface area contributed by atoms with Gasteiger partial charge in [-0.25, -0.2) is 0 Å². The average molecular weight is 140 g/mol. The summed E-state index contributed by atoms with van der Waals surface area (Å²) in [6.07, 6.45) is 4.64. The van der Waals surface area contributed by atoms with E-state index in [0.29, 0.717) is 0 Å². The number of nitrogens with two attached hydrogens (primary N) is 1. The fraction of sp³-hybridized carbons (Fsp3) is 0.875. The first-order valence-electron chi connectivity index (χ1n) is 4.03. The van der Waals surface area contributed by atoms with Crippen LogP contribution < -0.4 is 5.73 Å². The molecule has 2 fully saturated rings. The molecule has 0 atom stereocenters. The fourth-order valence-corrected chi connectivity index (χ4v) is 1.60. The Morgan fingerprint density at radius 2 is 1.80 bits per heavy atom. The minimum Gasteiger partial charge on any atom is -0.381 e. The maximum atomic E-state index is 6.03. The first kappa shape index (κ1) is 6.62. The molecule has 10 heavy (non-hydrogen) atoms. The van der Waals surface area contributed by atoms with E-state index >= 15 is 0 Å². The Bertz CT molecular complexity index is 125. The molecule has 0 bridgehead atoms. The Morgan fingerprint density at radius 1 is 1.20 bits per heavy atom. The van der Waals surface area contributed by atoms with Crippen LogP contribution in [-0.4, -0.2) is 18.8 Å². The van der Waals surface area contributed by atoms with Gasteiger partial charge in [-0.05, 0) is 25.7 Å². The molecule has 2 N–H and O–H groups in total. The zero-order chi connectivity index (χ0) is 7.03. The van der Waals surface area contributed by atoms with E-state index in [1.807, 2.05) is 0 Å². The van der Waals surface area contributed by atoms with Crippen LogP contribution in [0.1, 0.15) is 25.7 Å². The Kier molecular flexibility index (Phi) is 1.46. The summed E-state index contributed by atoms with van der Waals surface area (Å²) in [5, 5.41) is 0. The molecule has 1 saturated heterocycles. The predicted molar refractivity (Wildman–Crippen MR) is 39.4 cm³/mol. The van der Waals surface area contributed by atoms with Crippen molar-refractivity contribution in [2.24, 2.45) is 5.73 Å². The molecule has 0 aromatic heterocycles. The van der Waals surface area contributed by atoms with Crippen molar-refractivity contribution in [2.75, 3.05) is 13.2 Å². The molecule has 2 nitrogen and oxygen atoms in total. The smallest absolute Gasteiger partial charge is 0.0472 e. The largest absolute Gasteiger partial charge is 0.381 e. The van der Waals surface area contributed by atoms with Gasteiger partial charge in [-0.2, -0.15) is 0 Å². The predicted octanol–water partition coefficient (Wildman–Crippen LogP) is 0.863. The lowest BCUT2D eigenvalue weighted by molar-refractivity contribution is 0.101. The molecule has 57 valence electrons. The van der Waals surface area contributed by atoms with Crippen LogP contribution in [0.2, 0.25) is 0 Å². The second-order valence-electron chi connectivity index (χ2n) is 3.37. The van der Waals surface area contributed by atoms with E-state index in [0.717, 1.165) is 26.1 Å². The van der Waals surface area contributed by atoms with Crippen LogP contribution in [0.3, 0.4) is 0 Å². The van der Waals surface area contributed by atoms with E-state index in [9.17, 15) is 0 Å². The van der Waals surface area contributed by atoms with Crippen LogP contribution in [0, 0.1) is 5.92 Å². The molecule has 2 aliphatic rings. The third-order valence-corrected chi connectivity index (χ3v) is 2.59. The van der Waals surface area contributed by atoms with Gasteiger partial charge in [-0.3, -0.25) is 0 Å². The normalized spacial score (nSPS) is 32.1. The minimum absolute atomic E-state index is 0.157. The average Bonchev–Trinajstić information content (AvgIpc) is 2.72. The topological polar surface area (TPSA) is 35.2 Å². The summed E-state index contributed by atoms with van der Waals surface area (Å²) in [7, 11) is 0. The summed E-state index contributed by atoms with van der Waals surface area (Å²) in [4.78, 5) is 0. The van der Waals surface area contributed by atoms with Gasteiger partial charge in [0.2, 0.25) is 0 Å². The first-order valence-corrected chi connectivity index (χ1v) is 4.03.